The largest absolute Gasteiger partial charge is 0.756 e. The molecule has 0 saturated carbocycles. The summed E-state index contributed by atoms with van der Waals surface area (Å²) in [7, 11) is 1.37. The molecule has 0 aromatic carbocycles. The quantitative estimate of drug-likeness (QED) is 0.0197. The monoisotopic (exact) mass is 928 g/mol. The molecule has 0 radical (unpaired) electrons. The van der Waals surface area contributed by atoms with E-state index >= 15 is 0 Å². The van der Waals surface area contributed by atoms with Crippen LogP contribution in [0.3, 0.4) is 0 Å². The van der Waals surface area contributed by atoms with Crippen molar-refractivity contribution in [1.29, 1.82) is 0 Å². The van der Waals surface area contributed by atoms with Gasteiger partial charge in [-0.3, -0.25) is 9.36 Å². The summed E-state index contributed by atoms with van der Waals surface area (Å²) in [4.78, 5) is 25.2. The standard InChI is InChI=1S/C55H110NO7P/c1-6-8-10-12-14-16-18-20-22-24-26-28-29-31-33-35-37-39-41-43-45-47-50-60-52-54(53-62-64(58,59)61-51-49-56(3,4)5)63-55(57)48-46-44-42-40-38-36-34-32-30-27-25-23-21-19-17-15-13-11-9-7-2/h24,26,54H,6-23,25,27-53H2,1-5H3/b26-24-. The van der Waals surface area contributed by atoms with Crippen LogP contribution in [-0.4, -0.2) is 70.7 Å². The zero-order chi connectivity index (χ0) is 46.9. The Morgan fingerprint density at radius 1 is 0.469 bits per heavy atom. The molecule has 0 fully saturated rings. The summed E-state index contributed by atoms with van der Waals surface area (Å²) < 4.78 is 34.8. The molecule has 64 heavy (non-hydrogen) atoms. The fourth-order valence-corrected chi connectivity index (χ4v) is 8.98. The second-order valence-corrected chi connectivity index (χ2v) is 21.7. The molecule has 0 heterocycles. The molecule has 2 atom stereocenters. The fourth-order valence-electron chi connectivity index (χ4n) is 8.25. The number of esters is 1. The van der Waals surface area contributed by atoms with Crippen molar-refractivity contribution in [3.05, 3.63) is 12.2 Å². The van der Waals surface area contributed by atoms with E-state index in [2.05, 4.69) is 26.0 Å². The first-order valence-electron chi connectivity index (χ1n) is 27.9. The van der Waals surface area contributed by atoms with Crippen molar-refractivity contribution >= 4 is 13.8 Å². The Kier molecular flexibility index (Phi) is 48.1. The highest BCUT2D eigenvalue weighted by Crippen LogP contribution is 2.38. The summed E-state index contributed by atoms with van der Waals surface area (Å²) in [5.41, 5.74) is 0. The summed E-state index contributed by atoms with van der Waals surface area (Å²) in [6.45, 7) is 5.48. The summed E-state index contributed by atoms with van der Waals surface area (Å²) in [6, 6.07) is 0. The van der Waals surface area contributed by atoms with Gasteiger partial charge in [0, 0.05) is 13.0 Å². The van der Waals surface area contributed by atoms with E-state index in [0.29, 0.717) is 24.1 Å². The van der Waals surface area contributed by atoms with Gasteiger partial charge < -0.3 is 27.9 Å². The van der Waals surface area contributed by atoms with Crippen molar-refractivity contribution in [2.75, 3.05) is 54.1 Å². The Hall–Kier alpha value is -0.760. The summed E-state index contributed by atoms with van der Waals surface area (Å²) in [5, 5.41) is 0. The molecular weight excluding hydrogens is 818 g/mol. The Balaban J connectivity index is 4.05. The Morgan fingerprint density at radius 2 is 0.812 bits per heavy atom. The van der Waals surface area contributed by atoms with Crippen LogP contribution in [0.25, 0.3) is 0 Å². The lowest BCUT2D eigenvalue weighted by molar-refractivity contribution is -0.870. The van der Waals surface area contributed by atoms with Gasteiger partial charge in [0.15, 0.2) is 0 Å². The molecule has 0 aliphatic carbocycles. The minimum absolute atomic E-state index is 0.0298. The van der Waals surface area contributed by atoms with Gasteiger partial charge in [0.1, 0.15) is 19.3 Å². The van der Waals surface area contributed by atoms with Crippen molar-refractivity contribution in [2.24, 2.45) is 0 Å². The van der Waals surface area contributed by atoms with Crippen LogP contribution >= 0.6 is 7.82 Å². The zero-order valence-electron chi connectivity index (χ0n) is 43.5. The third-order valence-corrected chi connectivity index (χ3v) is 13.5. The lowest BCUT2D eigenvalue weighted by Gasteiger charge is -2.28. The normalized spacial score (nSPS) is 13.5. The van der Waals surface area contributed by atoms with E-state index in [1.54, 1.807) is 0 Å². The molecule has 0 aromatic heterocycles. The molecule has 2 unspecified atom stereocenters. The molecule has 0 saturated heterocycles. The van der Waals surface area contributed by atoms with Crippen LogP contribution in [0.1, 0.15) is 277 Å². The first-order valence-corrected chi connectivity index (χ1v) is 29.4. The zero-order valence-corrected chi connectivity index (χ0v) is 44.4. The van der Waals surface area contributed by atoms with Gasteiger partial charge in [-0.05, 0) is 38.5 Å². The van der Waals surface area contributed by atoms with Gasteiger partial charge in [0.05, 0.1) is 34.4 Å². The maximum atomic E-state index is 12.8. The average molecular weight is 928 g/mol. The Labute approximate surface area is 399 Å². The second-order valence-electron chi connectivity index (χ2n) is 20.3. The fraction of sp³-hybridized carbons (Fsp3) is 0.945. The number of hydrogen-bond donors (Lipinski definition) is 0. The lowest BCUT2D eigenvalue weighted by atomic mass is 10.0. The van der Waals surface area contributed by atoms with Gasteiger partial charge in [-0.25, -0.2) is 0 Å². The van der Waals surface area contributed by atoms with Crippen molar-refractivity contribution < 1.29 is 37.3 Å². The molecule has 382 valence electrons. The molecule has 0 N–H and O–H groups in total. The second kappa shape index (κ2) is 48.7. The number of allylic oxidation sites excluding steroid dienone is 2. The number of carbonyl (C=O) groups is 1. The number of unbranched alkanes of at least 4 members (excludes halogenated alkanes) is 37. The molecule has 0 aliphatic heterocycles. The van der Waals surface area contributed by atoms with E-state index in [4.69, 9.17) is 18.5 Å². The number of nitrogens with zero attached hydrogens (tertiary/aromatic N) is 1. The number of likely N-dealkylation sites (N-methyl/N-ethyl adjacent to an activating group) is 1. The Morgan fingerprint density at radius 3 is 1.19 bits per heavy atom. The van der Waals surface area contributed by atoms with Crippen molar-refractivity contribution in [2.45, 2.75) is 283 Å². The van der Waals surface area contributed by atoms with Gasteiger partial charge in [-0.2, -0.15) is 0 Å². The van der Waals surface area contributed by atoms with E-state index in [1.165, 1.54) is 225 Å². The third-order valence-electron chi connectivity index (χ3n) is 12.6. The van der Waals surface area contributed by atoms with Gasteiger partial charge in [0.25, 0.3) is 7.82 Å². The van der Waals surface area contributed by atoms with Crippen LogP contribution in [0.2, 0.25) is 0 Å². The van der Waals surface area contributed by atoms with Gasteiger partial charge in [-0.1, -0.05) is 244 Å². The minimum Gasteiger partial charge on any atom is -0.756 e. The summed E-state index contributed by atoms with van der Waals surface area (Å²) in [6.07, 6.45) is 56.7. The molecule has 0 spiro atoms. The van der Waals surface area contributed by atoms with Crippen LogP contribution in [-0.2, 0) is 27.9 Å². The molecule has 0 amide bonds. The smallest absolute Gasteiger partial charge is 0.306 e. The van der Waals surface area contributed by atoms with Crippen LogP contribution in [0.4, 0.5) is 0 Å². The molecular formula is C55H110NO7P. The molecule has 9 heteroatoms. The predicted octanol–water partition coefficient (Wildman–Crippen LogP) is 16.7. The minimum atomic E-state index is -4.53. The molecule has 0 aromatic rings. The SMILES string of the molecule is CCCCCCCCCC/C=C\CCCCCCCCCCCCOCC(COP(=O)([O-])OCC[N+](C)(C)C)OC(=O)CCCCCCCCCCCCCCCCCCCCCC. The van der Waals surface area contributed by atoms with Crippen LogP contribution < -0.4 is 4.89 Å². The maximum absolute atomic E-state index is 12.8. The molecule has 8 nitrogen and oxygen atoms in total. The third kappa shape index (κ3) is 52.2. The average Bonchev–Trinajstić information content (AvgIpc) is 3.25. The molecule has 0 aliphatic rings. The predicted molar refractivity (Wildman–Crippen MR) is 273 cm³/mol. The van der Waals surface area contributed by atoms with E-state index < -0.39 is 13.9 Å². The molecule has 0 bridgehead atoms. The number of hydrogen-bond acceptors (Lipinski definition) is 7. The van der Waals surface area contributed by atoms with E-state index in [0.717, 1.165) is 32.1 Å². The Bertz CT molecular complexity index is 1030. The van der Waals surface area contributed by atoms with E-state index in [-0.39, 0.29) is 25.8 Å². The van der Waals surface area contributed by atoms with Crippen LogP contribution in [0.15, 0.2) is 12.2 Å². The highest BCUT2D eigenvalue weighted by molar-refractivity contribution is 7.45. The van der Waals surface area contributed by atoms with Crippen molar-refractivity contribution in [1.82, 2.24) is 0 Å². The van der Waals surface area contributed by atoms with E-state index in [1.807, 2.05) is 21.1 Å². The van der Waals surface area contributed by atoms with Crippen molar-refractivity contribution in [3.8, 4) is 0 Å². The van der Waals surface area contributed by atoms with Crippen LogP contribution in [0, 0.1) is 0 Å². The topological polar surface area (TPSA) is 94.1 Å². The number of ether oxygens (including phenoxy) is 2. The van der Waals surface area contributed by atoms with Gasteiger partial charge >= 0.3 is 5.97 Å². The number of phosphoric acid groups is 1. The van der Waals surface area contributed by atoms with Gasteiger partial charge in [-0.15, -0.1) is 0 Å². The number of quaternary nitrogens is 1. The first-order chi connectivity index (χ1) is 31.1. The number of carbonyl (C=O) groups excluding carboxylic acids is 1. The van der Waals surface area contributed by atoms with Crippen LogP contribution in [0.5, 0.6) is 0 Å². The number of rotatable bonds is 53. The van der Waals surface area contributed by atoms with Gasteiger partial charge in [0.2, 0.25) is 0 Å². The molecule has 0 rings (SSSR count). The van der Waals surface area contributed by atoms with E-state index in [9.17, 15) is 14.3 Å². The highest BCUT2D eigenvalue weighted by atomic mass is 31.2. The highest BCUT2D eigenvalue weighted by Gasteiger charge is 2.20. The lowest BCUT2D eigenvalue weighted by Crippen LogP contribution is -2.37. The maximum Gasteiger partial charge on any atom is 0.306 e. The first kappa shape index (κ1) is 63.2. The number of phosphoric ester groups is 1. The summed E-state index contributed by atoms with van der Waals surface area (Å²) in [5.74, 6) is -0.326. The summed E-state index contributed by atoms with van der Waals surface area (Å²) >= 11 is 0. The van der Waals surface area contributed by atoms with Crippen molar-refractivity contribution in [3.63, 3.8) is 0 Å².